The Bertz CT molecular complexity index is 1570. The molecule has 1 aromatic carbocycles. The van der Waals surface area contributed by atoms with Crippen molar-refractivity contribution in [3.05, 3.63) is 70.5 Å². The zero-order valence-corrected chi connectivity index (χ0v) is 22.7. The first-order chi connectivity index (χ1) is 20.7. The van der Waals surface area contributed by atoms with E-state index in [9.17, 15) is 57.5 Å². The molecule has 3 heterocycles. The van der Waals surface area contributed by atoms with Crippen molar-refractivity contribution in [1.82, 2.24) is 9.88 Å². The van der Waals surface area contributed by atoms with Crippen LogP contribution in [0.5, 0.6) is 5.88 Å². The number of benzene rings is 1. The highest BCUT2D eigenvalue weighted by Crippen LogP contribution is 2.56. The van der Waals surface area contributed by atoms with Gasteiger partial charge in [-0.05, 0) is 54.7 Å². The second-order valence-electron chi connectivity index (χ2n) is 10.8. The topological polar surface area (TPSA) is 51.7 Å². The molecule has 45 heavy (non-hydrogen) atoms. The molecule has 1 spiro atoms. The van der Waals surface area contributed by atoms with Gasteiger partial charge in [-0.1, -0.05) is 12.1 Å². The van der Waals surface area contributed by atoms with Crippen LogP contribution in [-0.4, -0.2) is 48.1 Å². The first-order valence-corrected chi connectivity index (χ1v) is 13.0. The standard InChI is InChI=1S/C28H20F12N2O3/c1-44-22-19(8-16(11-41-22)28(38,39)40)17-3-2-13(25(29,30)31)7-18(17)20-4-5-21-24(12-45-23(43)42(20)21)9-14(26(32,33)34)6-15(10-24)27(35,36)37/h2-3,6-9,11,20-21H,4-5,10,12H2,1H3. The second kappa shape index (κ2) is 10.6. The SMILES string of the molecule is COc1ncc(C(F)(F)F)cc1-c1ccc(C(F)(F)F)cc1C1CCC2N1C(=O)OCC21C=C(C(F)(F)F)C=C(C(F)(F)F)C1. The number of nitrogens with zero attached hydrogens (tertiary/aromatic N) is 2. The zero-order valence-electron chi connectivity index (χ0n) is 22.7. The maximum atomic E-state index is 13.8. The molecule has 0 bridgehead atoms. The number of hydrogen-bond donors (Lipinski definition) is 0. The fraction of sp³-hybridized carbons (Fsp3) is 0.429. The van der Waals surface area contributed by atoms with Crippen LogP contribution in [-0.2, 0) is 17.1 Å². The van der Waals surface area contributed by atoms with Crippen LogP contribution in [0.3, 0.4) is 0 Å². The van der Waals surface area contributed by atoms with Gasteiger partial charge in [0.2, 0.25) is 5.88 Å². The summed E-state index contributed by atoms with van der Waals surface area (Å²) in [6.45, 7) is -0.881. The molecule has 1 amide bonds. The molecule has 2 aromatic rings. The molecule has 3 atom stereocenters. The van der Waals surface area contributed by atoms with Crippen LogP contribution >= 0.6 is 0 Å². The first kappa shape index (κ1) is 32.5. The lowest BCUT2D eigenvalue weighted by Crippen LogP contribution is -2.56. The van der Waals surface area contributed by atoms with E-state index in [2.05, 4.69) is 4.98 Å². The number of ether oxygens (including phenoxy) is 2. The summed E-state index contributed by atoms with van der Waals surface area (Å²) in [5, 5.41) is 0. The number of fused-ring (bicyclic) bond motifs is 2. The third-order valence-corrected chi connectivity index (χ3v) is 8.11. The van der Waals surface area contributed by atoms with E-state index in [0.717, 1.165) is 18.1 Å². The number of aromatic nitrogens is 1. The summed E-state index contributed by atoms with van der Waals surface area (Å²) in [6, 6.07) is -0.324. The number of hydrogen-bond acceptors (Lipinski definition) is 4. The molecular formula is C28H20F12N2O3. The van der Waals surface area contributed by atoms with Crippen molar-refractivity contribution in [1.29, 1.82) is 0 Å². The van der Waals surface area contributed by atoms with Crippen molar-refractivity contribution < 1.29 is 67.0 Å². The summed E-state index contributed by atoms with van der Waals surface area (Å²) < 4.78 is 175. The van der Waals surface area contributed by atoms with Gasteiger partial charge in [-0.25, -0.2) is 9.78 Å². The Morgan fingerprint density at radius 3 is 2.11 bits per heavy atom. The lowest BCUT2D eigenvalue weighted by molar-refractivity contribution is -0.138. The van der Waals surface area contributed by atoms with E-state index >= 15 is 0 Å². The predicted octanol–water partition coefficient (Wildman–Crippen LogP) is 8.82. The predicted molar refractivity (Wildman–Crippen MR) is 131 cm³/mol. The highest BCUT2D eigenvalue weighted by atomic mass is 19.4. The molecule has 0 saturated carbocycles. The third kappa shape index (κ3) is 5.92. The summed E-state index contributed by atoms with van der Waals surface area (Å²) in [7, 11) is 1.04. The van der Waals surface area contributed by atoms with Crippen molar-refractivity contribution in [3.63, 3.8) is 0 Å². The average molecular weight is 660 g/mol. The van der Waals surface area contributed by atoms with Crippen molar-refractivity contribution in [2.45, 2.75) is 56.1 Å². The fourth-order valence-corrected chi connectivity index (χ4v) is 6.17. The highest BCUT2D eigenvalue weighted by Gasteiger charge is 2.58. The maximum Gasteiger partial charge on any atom is 0.417 e. The van der Waals surface area contributed by atoms with Crippen molar-refractivity contribution >= 4 is 6.09 Å². The van der Waals surface area contributed by atoms with E-state index in [1.807, 2.05) is 0 Å². The molecular weight excluding hydrogens is 640 g/mol. The van der Waals surface area contributed by atoms with Gasteiger partial charge in [-0.2, -0.15) is 52.7 Å². The van der Waals surface area contributed by atoms with Crippen LogP contribution in [0.1, 0.15) is 42.0 Å². The molecule has 2 saturated heterocycles. The number of cyclic esters (lactones) is 1. The highest BCUT2D eigenvalue weighted by molar-refractivity contribution is 5.76. The number of carbonyl (C=O) groups is 1. The van der Waals surface area contributed by atoms with Crippen LogP contribution < -0.4 is 4.74 Å². The minimum absolute atomic E-state index is 0.0454. The van der Waals surface area contributed by atoms with E-state index in [4.69, 9.17) is 9.47 Å². The molecule has 1 aromatic heterocycles. The number of pyridine rings is 1. The summed E-state index contributed by atoms with van der Waals surface area (Å²) in [5.41, 5.74) is -8.92. The van der Waals surface area contributed by atoms with Crippen LogP contribution in [0, 0.1) is 5.41 Å². The van der Waals surface area contributed by atoms with Gasteiger partial charge in [-0.15, -0.1) is 0 Å². The molecule has 3 unspecified atom stereocenters. The van der Waals surface area contributed by atoms with Crippen LogP contribution in [0.25, 0.3) is 11.1 Å². The van der Waals surface area contributed by atoms with Gasteiger partial charge in [0.1, 0.15) is 6.61 Å². The Morgan fingerprint density at radius 2 is 1.53 bits per heavy atom. The minimum Gasteiger partial charge on any atom is -0.481 e. The summed E-state index contributed by atoms with van der Waals surface area (Å²) in [4.78, 5) is 17.5. The van der Waals surface area contributed by atoms with Crippen LogP contribution in [0.4, 0.5) is 57.5 Å². The third-order valence-electron chi connectivity index (χ3n) is 8.11. The molecule has 244 valence electrons. The lowest BCUT2D eigenvalue weighted by Gasteiger charge is -2.48. The van der Waals surface area contributed by atoms with Gasteiger partial charge in [-0.3, -0.25) is 4.90 Å². The van der Waals surface area contributed by atoms with Crippen LogP contribution in [0.2, 0.25) is 0 Å². The number of rotatable bonds is 3. The summed E-state index contributed by atoms with van der Waals surface area (Å²) >= 11 is 0. The number of amides is 1. The molecule has 3 aliphatic rings. The van der Waals surface area contributed by atoms with E-state index in [1.165, 1.54) is 0 Å². The molecule has 2 aliphatic heterocycles. The van der Waals surface area contributed by atoms with Crippen molar-refractivity contribution in [2.24, 2.45) is 5.41 Å². The number of halogens is 12. The number of allylic oxidation sites excluding steroid dienone is 3. The summed E-state index contributed by atoms with van der Waals surface area (Å²) in [5.74, 6) is -0.429. The summed E-state index contributed by atoms with van der Waals surface area (Å²) in [6.07, 6.45) is -22.2. The normalized spacial score (nSPS) is 24.3. The Kier molecular flexibility index (Phi) is 7.63. The van der Waals surface area contributed by atoms with Gasteiger partial charge in [0, 0.05) is 28.8 Å². The Labute approximate surface area is 246 Å². The Hall–Kier alpha value is -3.92. The Morgan fingerprint density at radius 1 is 0.867 bits per heavy atom. The fourth-order valence-electron chi connectivity index (χ4n) is 6.17. The number of carbonyl (C=O) groups excluding carboxylic acids is 1. The number of alkyl halides is 12. The van der Waals surface area contributed by atoms with E-state index in [-0.39, 0.29) is 30.0 Å². The van der Waals surface area contributed by atoms with E-state index in [0.29, 0.717) is 30.5 Å². The van der Waals surface area contributed by atoms with Gasteiger partial charge < -0.3 is 9.47 Å². The van der Waals surface area contributed by atoms with Gasteiger partial charge in [0.25, 0.3) is 0 Å². The number of methoxy groups -OCH3 is 1. The van der Waals surface area contributed by atoms with Crippen LogP contribution in [0.15, 0.2) is 53.8 Å². The second-order valence-corrected chi connectivity index (χ2v) is 10.8. The Balaban J connectivity index is 1.68. The van der Waals surface area contributed by atoms with E-state index in [1.54, 1.807) is 0 Å². The van der Waals surface area contributed by atoms with Crippen molar-refractivity contribution in [3.8, 4) is 17.0 Å². The monoisotopic (exact) mass is 660 g/mol. The lowest BCUT2D eigenvalue weighted by atomic mass is 9.70. The van der Waals surface area contributed by atoms with Gasteiger partial charge in [0.05, 0.1) is 29.9 Å². The molecule has 5 rings (SSSR count). The minimum atomic E-state index is -5.23. The molecule has 5 nitrogen and oxygen atoms in total. The molecule has 0 N–H and O–H groups in total. The van der Waals surface area contributed by atoms with Gasteiger partial charge >= 0.3 is 30.8 Å². The molecule has 1 aliphatic carbocycles. The average Bonchev–Trinajstić information content (AvgIpc) is 3.39. The molecule has 17 heteroatoms. The zero-order chi connectivity index (χ0) is 33.3. The van der Waals surface area contributed by atoms with E-state index < -0.39 is 95.0 Å². The largest absolute Gasteiger partial charge is 0.481 e. The first-order valence-electron chi connectivity index (χ1n) is 13.0. The van der Waals surface area contributed by atoms with Crippen molar-refractivity contribution in [2.75, 3.05) is 13.7 Å². The molecule has 0 radical (unpaired) electrons. The smallest absolute Gasteiger partial charge is 0.417 e. The van der Waals surface area contributed by atoms with Gasteiger partial charge in [0.15, 0.2) is 0 Å². The maximum absolute atomic E-state index is 13.8. The molecule has 2 fully saturated rings. The quantitative estimate of drug-likeness (QED) is 0.309.